The summed E-state index contributed by atoms with van der Waals surface area (Å²) >= 11 is 0. The SMILES string of the molecule is CS(=O)(=O)N1CCC(Nc2cc3c(N4CCC(C#N)CC4)nccc3cn2)CC1. The van der Waals surface area contributed by atoms with Gasteiger partial charge in [-0.25, -0.2) is 22.7 Å². The van der Waals surface area contributed by atoms with Crippen molar-refractivity contribution in [3.63, 3.8) is 0 Å². The minimum atomic E-state index is -3.12. The van der Waals surface area contributed by atoms with Gasteiger partial charge in [0.25, 0.3) is 0 Å². The molecule has 2 aliphatic rings. The molecular formula is C20H26N6O2S. The van der Waals surface area contributed by atoms with Crippen LogP contribution in [0.3, 0.4) is 0 Å². The van der Waals surface area contributed by atoms with Gasteiger partial charge in [-0.3, -0.25) is 0 Å². The average molecular weight is 415 g/mol. The molecule has 2 aromatic heterocycles. The number of aromatic nitrogens is 2. The van der Waals surface area contributed by atoms with Crippen LogP contribution in [0.4, 0.5) is 11.6 Å². The summed E-state index contributed by atoms with van der Waals surface area (Å²) in [5.74, 6) is 1.87. The Hall–Kier alpha value is -2.44. The van der Waals surface area contributed by atoms with Crippen LogP contribution in [0.15, 0.2) is 24.5 Å². The van der Waals surface area contributed by atoms with Crippen molar-refractivity contribution in [1.29, 1.82) is 5.26 Å². The van der Waals surface area contributed by atoms with Crippen molar-refractivity contribution in [3.05, 3.63) is 24.5 Å². The van der Waals surface area contributed by atoms with E-state index in [4.69, 9.17) is 5.26 Å². The van der Waals surface area contributed by atoms with Crippen LogP contribution >= 0.6 is 0 Å². The van der Waals surface area contributed by atoms with E-state index in [0.29, 0.717) is 13.1 Å². The second kappa shape index (κ2) is 8.13. The first-order valence-corrected chi connectivity index (χ1v) is 11.9. The van der Waals surface area contributed by atoms with Crippen LogP contribution in [-0.2, 0) is 10.0 Å². The lowest BCUT2D eigenvalue weighted by Crippen LogP contribution is -2.41. The second-order valence-corrected chi connectivity index (χ2v) is 9.88. The highest BCUT2D eigenvalue weighted by molar-refractivity contribution is 7.88. The molecule has 2 aliphatic heterocycles. The third kappa shape index (κ3) is 4.43. The van der Waals surface area contributed by atoms with Crippen molar-refractivity contribution in [2.45, 2.75) is 31.7 Å². The number of piperidine rings is 2. The molecule has 2 saturated heterocycles. The van der Waals surface area contributed by atoms with Crippen molar-refractivity contribution in [2.24, 2.45) is 5.92 Å². The maximum Gasteiger partial charge on any atom is 0.211 e. The van der Waals surface area contributed by atoms with Crippen LogP contribution in [0.5, 0.6) is 0 Å². The summed E-state index contributed by atoms with van der Waals surface area (Å²) in [4.78, 5) is 11.4. The van der Waals surface area contributed by atoms with Crippen molar-refractivity contribution in [1.82, 2.24) is 14.3 Å². The highest BCUT2D eigenvalue weighted by atomic mass is 32.2. The van der Waals surface area contributed by atoms with Crippen LogP contribution in [-0.4, -0.2) is 61.2 Å². The zero-order valence-electron chi connectivity index (χ0n) is 16.6. The number of nitriles is 1. The molecule has 0 spiro atoms. The number of anilines is 2. The highest BCUT2D eigenvalue weighted by Crippen LogP contribution is 2.29. The molecule has 29 heavy (non-hydrogen) atoms. The number of sulfonamides is 1. The molecule has 0 bridgehead atoms. The Morgan fingerprint density at radius 3 is 2.52 bits per heavy atom. The van der Waals surface area contributed by atoms with Gasteiger partial charge in [-0.15, -0.1) is 0 Å². The van der Waals surface area contributed by atoms with E-state index in [1.807, 2.05) is 24.5 Å². The smallest absolute Gasteiger partial charge is 0.211 e. The molecule has 9 heteroatoms. The summed E-state index contributed by atoms with van der Waals surface area (Å²) in [5, 5.41) is 14.7. The Balaban J connectivity index is 1.50. The molecule has 0 aliphatic carbocycles. The predicted octanol–water partition coefficient (Wildman–Crippen LogP) is 2.21. The maximum absolute atomic E-state index is 11.7. The normalized spacial score (nSPS) is 19.9. The van der Waals surface area contributed by atoms with Crippen molar-refractivity contribution in [2.75, 3.05) is 42.7 Å². The summed E-state index contributed by atoms with van der Waals surface area (Å²) in [6, 6.07) is 6.57. The minimum Gasteiger partial charge on any atom is -0.367 e. The average Bonchev–Trinajstić information content (AvgIpc) is 2.73. The molecule has 0 unspecified atom stereocenters. The van der Waals surface area contributed by atoms with Crippen LogP contribution < -0.4 is 10.2 Å². The van der Waals surface area contributed by atoms with E-state index < -0.39 is 10.0 Å². The van der Waals surface area contributed by atoms with Crippen molar-refractivity contribution >= 4 is 32.4 Å². The minimum absolute atomic E-state index is 0.137. The molecular weight excluding hydrogens is 388 g/mol. The summed E-state index contributed by atoms with van der Waals surface area (Å²) in [6.45, 7) is 2.73. The summed E-state index contributed by atoms with van der Waals surface area (Å²) < 4.78 is 24.9. The van der Waals surface area contributed by atoms with Gasteiger partial charge in [-0.2, -0.15) is 5.26 Å². The quantitative estimate of drug-likeness (QED) is 0.818. The van der Waals surface area contributed by atoms with Gasteiger partial charge in [0, 0.05) is 61.3 Å². The van der Waals surface area contributed by atoms with Gasteiger partial charge in [0.05, 0.1) is 12.3 Å². The first kappa shape index (κ1) is 19.9. The molecule has 0 amide bonds. The molecule has 0 saturated carbocycles. The fraction of sp³-hybridized carbons (Fsp3) is 0.550. The van der Waals surface area contributed by atoms with Gasteiger partial charge in [0.15, 0.2) is 0 Å². The Labute approximate surface area is 171 Å². The van der Waals surface area contributed by atoms with Gasteiger partial charge >= 0.3 is 0 Å². The lowest BCUT2D eigenvalue weighted by molar-refractivity contribution is 0.331. The van der Waals surface area contributed by atoms with Gasteiger partial charge in [-0.05, 0) is 37.8 Å². The molecule has 4 heterocycles. The van der Waals surface area contributed by atoms with Gasteiger partial charge in [0.1, 0.15) is 11.6 Å². The van der Waals surface area contributed by atoms with Crippen LogP contribution in [0.25, 0.3) is 10.8 Å². The first-order chi connectivity index (χ1) is 13.9. The van der Waals surface area contributed by atoms with Gasteiger partial charge in [0.2, 0.25) is 10.0 Å². The number of fused-ring (bicyclic) bond motifs is 1. The summed E-state index contributed by atoms with van der Waals surface area (Å²) in [6.07, 6.45) is 8.18. The first-order valence-electron chi connectivity index (χ1n) is 10.0. The molecule has 0 aromatic carbocycles. The fourth-order valence-corrected chi connectivity index (χ4v) is 5.02. The molecule has 2 fully saturated rings. The number of nitrogens with zero attached hydrogens (tertiary/aromatic N) is 5. The van der Waals surface area contributed by atoms with Crippen LogP contribution in [0.1, 0.15) is 25.7 Å². The van der Waals surface area contributed by atoms with E-state index in [1.165, 1.54) is 10.6 Å². The topological polar surface area (TPSA) is 102 Å². The molecule has 0 radical (unpaired) electrons. The van der Waals surface area contributed by atoms with E-state index in [9.17, 15) is 8.42 Å². The van der Waals surface area contributed by atoms with E-state index in [2.05, 4.69) is 26.3 Å². The number of nitrogens with one attached hydrogen (secondary N) is 1. The number of hydrogen-bond acceptors (Lipinski definition) is 7. The number of pyridine rings is 2. The standard InChI is InChI=1S/C20H26N6O2S/c1-29(27,28)26-10-5-17(6-11-26)24-19-12-18-16(14-23-19)2-7-22-20(18)25-8-3-15(13-21)4-9-25/h2,7,12,14-15,17H,3-6,8-11H2,1H3,(H,23,24). The molecule has 4 rings (SSSR count). The van der Waals surface area contributed by atoms with Gasteiger partial charge in [-0.1, -0.05) is 0 Å². The van der Waals surface area contributed by atoms with E-state index in [0.717, 1.165) is 61.2 Å². The van der Waals surface area contributed by atoms with Gasteiger partial charge < -0.3 is 10.2 Å². The lowest BCUT2D eigenvalue weighted by Gasteiger charge is -2.31. The van der Waals surface area contributed by atoms with Crippen LogP contribution in [0.2, 0.25) is 0 Å². The lowest BCUT2D eigenvalue weighted by atomic mass is 9.98. The Morgan fingerprint density at radius 1 is 1.14 bits per heavy atom. The zero-order chi connectivity index (χ0) is 20.4. The summed E-state index contributed by atoms with van der Waals surface area (Å²) in [5.41, 5.74) is 0. The van der Waals surface area contributed by atoms with Crippen molar-refractivity contribution < 1.29 is 8.42 Å². The fourth-order valence-electron chi connectivity index (χ4n) is 4.14. The van der Waals surface area contributed by atoms with E-state index in [-0.39, 0.29) is 12.0 Å². The Bertz CT molecular complexity index is 1020. The Morgan fingerprint density at radius 2 is 1.86 bits per heavy atom. The monoisotopic (exact) mass is 414 g/mol. The zero-order valence-corrected chi connectivity index (χ0v) is 17.4. The number of hydrogen-bond donors (Lipinski definition) is 1. The molecule has 0 atom stereocenters. The molecule has 1 N–H and O–H groups in total. The third-order valence-corrected chi connectivity index (χ3v) is 7.18. The van der Waals surface area contributed by atoms with Crippen molar-refractivity contribution in [3.8, 4) is 6.07 Å². The number of rotatable bonds is 4. The highest BCUT2D eigenvalue weighted by Gasteiger charge is 2.25. The third-order valence-electron chi connectivity index (χ3n) is 5.88. The molecule has 2 aromatic rings. The van der Waals surface area contributed by atoms with E-state index in [1.54, 1.807) is 0 Å². The van der Waals surface area contributed by atoms with Crippen LogP contribution in [0, 0.1) is 17.2 Å². The Kier molecular flexibility index (Phi) is 5.56. The largest absolute Gasteiger partial charge is 0.367 e. The second-order valence-electron chi connectivity index (χ2n) is 7.90. The molecule has 154 valence electrons. The van der Waals surface area contributed by atoms with E-state index >= 15 is 0 Å². The summed E-state index contributed by atoms with van der Waals surface area (Å²) in [7, 11) is -3.12. The maximum atomic E-state index is 11.7. The molecule has 8 nitrogen and oxygen atoms in total. The predicted molar refractivity (Wildman–Crippen MR) is 113 cm³/mol.